The predicted molar refractivity (Wildman–Crippen MR) is 73.5 cm³/mol. The van der Waals surface area contributed by atoms with E-state index in [-0.39, 0.29) is 10.9 Å². The lowest BCUT2D eigenvalue weighted by Gasteiger charge is -2.04. The lowest BCUT2D eigenvalue weighted by Crippen LogP contribution is -2.16. The first-order chi connectivity index (χ1) is 8.52. The molecule has 0 N–H and O–H groups in total. The quantitative estimate of drug-likeness (QED) is 0.359. The number of hydrogen-bond donors (Lipinski definition) is 0. The molecule has 0 atom stereocenters. The number of nitrogens with zero attached hydrogens (tertiary/aromatic N) is 2. The second kappa shape index (κ2) is 6.82. The molecule has 0 heterocycles. The molecule has 1 aromatic rings. The highest BCUT2D eigenvalue weighted by atomic mass is 32.2. The van der Waals surface area contributed by atoms with Crippen molar-refractivity contribution >= 4 is 22.6 Å². The Hall–Kier alpha value is -1.80. The SMILES string of the molecule is CC(=O)ON=C(C[S+](C)C)c1ccc(C#N)cc1. The van der Waals surface area contributed by atoms with Gasteiger partial charge in [-0.1, -0.05) is 17.3 Å². The molecule has 0 fully saturated rings. The molecule has 0 saturated carbocycles. The summed E-state index contributed by atoms with van der Waals surface area (Å²) in [7, 11) is 0.145. The highest BCUT2D eigenvalue weighted by Gasteiger charge is 2.13. The predicted octanol–water partition coefficient (Wildman–Crippen LogP) is 1.70. The summed E-state index contributed by atoms with van der Waals surface area (Å²) in [6, 6.07) is 9.14. The van der Waals surface area contributed by atoms with Gasteiger partial charge in [0.2, 0.25) is 0 Å². The van der Waals surface area contributed by atoms with Gasteiger partial charge in [-0.05, 0) is 23.0 Å². The Balaban J connectivity index is 2.97. The average molecular weight is 263 g/mol. The summed E-state index contributed by atoms with van der Waals surface area (Å²) in [5, 5.41) is 12.6. The largest absolute Gasteiger partial charge is 0.331 e. The first kappa shape index (κ1) is 14.3. The van der Waals surface area contributed by atoms with E-state index < -0.39 is 5.97 Å². The standard InChI is InChI=1S/C13H15N2O2S/c1-10(16)17-15-13(9-18(2)3)12-6-4-11(8-14)5-7-12/h4-7H,9H2,1-3H3/q+1. The molecule has 1 rings (SSSR count). The van der Waals surface area contributed by atoms with Crippen molar-refractivity contribution in [3.05, 3.63) is 35.4 Å². The minimum Gasteiger partial charge on any atom is -0.318 e. The van der Waals surface area contributed by atoms with Crippen LogP contribution in [0, 0.1) is 11.3 Å². The third-order valence-corrected chi connectivity index (χ3v) is 2.91. The van der Waals surface area contributed by atoms with E-state index in [2.05, 4.69) is 23.7 Å². The molecule has 94 valence electrons. The topological polar surface area (TPSA) is 62.4 Å². The molecule has 1 aromatic carbocycles. The number of rotatable bonds is 4. The van der Waals surface area contributed by atoms with Gasteiger partial charge in [-0.3, -0.25) is 0 Å². The van der Waals surface area contributed by atoms with Crippen molar-refractivity contribution < 1.29 is 9.63 Å². The minimum absolute atomic E-state index is 0.145. The molecule has 0 aliphatic rings. The molecule has 0 spiro atoms. The molecule has 4 nitrogen and oxygen atoms in total. The third-order valence-electron chi connectivity index (χ3n) is 2.06. The maximum absolute atomic E-state index is 10.8. The second-order valence-corrected chi connectivity index (χ2v) is 6.20. The van der Waals surface area contributed by atoms with Gasteiger partial charge in [0.25, 0.3) is 0 Å². The highest BCUT2D eigenvalue weighted by Crippen LogP contribution is 2.07. The lowest BCUT2D eigenvalue weighted by molar-refractivity contribution is -0.140. The number of hydrogen-bond acceptors (Lipinski definition) is 4. The van der Waals surface area contributed by atoms with Crippen LogP contribution < -0.4 is 0 Å². The van der Waals surface area contributed by atoms with Gasteiger partial charge >= 0.3 is 5.97 Å². The van der Waals surface area contributed by atoms with Crippen LogP contribution in [0.4, 0.5) is 0 Å². The number of carbonyl (C=O) groups excluding carboxylic acids is 1. The summed E-state index contributed by atoms with van der Waals surface area (Å²) < 4.78 is 0. The van der Waals surface area contributed by atoms with Crippen molar-refractivity contribution in [2.45, 2.75) is 6.92 Å². The molecule has 5 heteroatoms. The fourth-order valence-corrected chi connectivity index (χ4v) is 2.06. The maximum Gasteiger partial charge on any atom is 0.331 e. The molecule has 0 aliphatic heterocycles. The summed E-state index contributed by atoms with van der Waals surface area (Å²) in [4.78, 5) is 15.5. The molecule has 0 unspecified atom stereocenters. The van der Waals surface area contributed by atoms with Gasteiger partial charge in [-0.2, -0.15) is 5.26 Å². The van der Waals surface area contributed by atoms with Gasteiger partial charge < -0.3 is 4.84 Å². The molecular formula is C13H15N2O2S+. The van der Waals surface area contributed by atoms with Gasteiger partial charge in [0.05, 0.1) is 24.1 Å². The zero-order valence-corrected chi connectivity index (χ0v) is 11.5. The van der Waals surface area contributed by atoms with Crippen molar-refractivity contribution in [1.29, 1.82) is 5.26 Å². The molecular weight excluding hydrogens is 248 g/mol. The molecule has 0 amide bonds. The van der Waals surface area contributed by atoms with Crippen LogP contribution in [-0.4, -0.2) is 29.9 Å². The molecule has 0 radical (unpaired) electrons. The number of oxime groups is 1. The molecule has 0 aromatic heterocycles. The van der Waals surface area contributed by atoms with E-state index in [1.54, 1.807) is 12.1 Å². The fraction of sp³-hybridized carbons (Fsp3) is 0.308. The van der Waals surface area contributed by atoms with Crippen molar-refractivity contribution in [2.24, 2.45) is 5.16 Å². The van der Waals surface area contributed by atoms with Crippen molar-refractivity contribution in [3.8, 4) is 6.07 Å². The Labute approximate surface area is 110 Å². The zero-order valence-electron chi connectivity index (χ0n) is 10.6. The van der Waals surface area contributed by atoms with E-state index in [0.717, 1.165) is 17.0 Å². The summed E-state index contributed by atoms with van der Waals surface area (Å²) >= 11 is 0. The normalized spacial score (nSPS) is 11.2. The van der Waals surface area contributed by atoms with Gasteiger partial charge in [0.15, 0.2) is 5.75 Å². The smallest absolute Gasteiger partial charge is 0.318 e. The third kappa shape index (κ3) is 4.60. The van der Waals surface area contributed by atoms with E-state index in [1.165, 1.54) is 6.92 Å². The monoisotopic (exact) mass is 263 g/mol. The fourth-order valence-electron chi connectivity index (χ4n) is 1.29. The van der Waals surface area contributed by atoms with E-state index in [0.29, 0.717) is 5.56 Å². The number of carbonyl (C=O) groups is 1. The zero-order chi connectivity index (χ0) is 13.5. The van der Waals surface area contributed by atoms with Crippen LogP contribution in [0.2, 0.25) is 0 Å². The lowest BCUT2D eigenvalue weighted by atomic mass is 10.1. The van der Waals surface area contributed by atoms with Crippen molar-refractivity contribution in [1.82, 2.24) is 0 Å². The Kier molecular flexibility index (Phi) is 5.40. The van der Waals surface area contributed by atoms with E-state index in [4.69, 9.17) is 10.1 Å². The average Bonchev–Trinajstić information content (AvgIpc) is 2.34. The van der Waals surface area contributed by atoms with Crippen LogP contribution in [0.25, 0.3) is 0 Å². The van der Waals surface area contributed by atoms with Crippen LogP contribution in [0.5, 0.6) is 0 Å². The number of nitriles is 1. The molecule has 18 heavy (non-hydrogen) atoms. The van der Waals surface area contributed by atoms with Gasteiger partial charge in [-0.15, -0.1) is 0 Å². The Morgan fingerprint density at radius 2 is 2.00 bits per heavy atom. The van der Waals surface area contributed by atoms with Crippen LogP contribution in [0.15, 0.2) is 29.4 Å². The van der Waals surface area contributed by atoms with Gasteiger partial charge in [-0.25, -0.2) is 4.79 Å². The van der Waals surface area contributed by atoms with E-state index >= 15 is 0 Å². The molecule has 0 aliphatic carbocycles. The van der Waals surface area contributed by atoms with Gasteiger partial charge in [0.1, 0.15) is 5.71 Å². The van der Waals surface area contributed by atoms with Crippen LogP contribution in [0.3, 0.4) is 0 Å². The van der Waals surface area contributed by atoms with Crippen LogP contribution >= 0.6 is 0 Å². The van der Waals surface area contributed by atoms with Crippen molar-refractivity contribution in [3.63, 3.8) is 0 Å². The Morgan fingerprint density at radius 1 is 1.39 bits per heavy atom. The summed E-state index contributed by atoms with van der Waals surface area (Å²) in [5.41, 5.74) is 2.19. The van der Waals surface area contributed by atoms with E-state index in [9.17, 15) is 4.79 Å². The first-order valence-electron chi connectivity index (χ1n) is 5.32. The first-order valence-corrected chi connectivity index (χ1v) is 7.53. The van der Waals surface area contributed by atoms with Gasteiger partial charge in [0, 0.05) is 12.5 Å². The number of benzene rings is 1. The minimum atomic E-state index is -0.437. The Bertz CT molecular complexity index is 487. The van der Waals surface area contributed by atoms with E-state index in [1.807, 2.05) is 12.1 Å². The van der Waals surface area contributed by atoms with Crippen LogP contribution in [-0.2, 0) is 20.5 Å². The molecule has 0 saturated heterocycles. The van der Waals surface area contributed by atoms with Crippen LogP contribution in [0.1, 0.15) is 18.1 Å². The van der Waals surface area contributed by atoms with Crippen molar-refractivity contribution in [2.75, 3.05) is 18.3 Å². The maximum atomic E-state index is 10.8. The second-order valence-electron chi connectivity index (χ2n) is 3.94. The summed E-state index contributed by atoms with van der Waals surface area (Å²) in [6.07, 6.45) is 4.18. The summed E-state index contributed by atoms with van der Waals surface area (Å²) in [6.45, 7) is 1.32. The summed E-state index contributed by atoms with van der Waals surface area (Å²) in [5.74, 6) is 0.298. The Morgan fingerprint density at radius 3 is 2.44 bits per heavy atom. The highest BCUT2D eigenvalue weighted by molar-refractivity contribution is 7.96. The molecule has 0 bridgehead atoms.